The molecule has 1 fully saturated rings. The summed E-state index contributed by atoms with van der Waals surface area (Å²) in [5, 5.41) is 15.0. The summed E-state index contributed by atoms with van der Waals surface area (Å²) in [6.45, 7) is 0.276. The number of nitrogens with zero attached hydrogens (tertiary/aromatic N) is 1. The van der Waals surface area contributed by atoms with E-state index in [1.807, 2.05) is 41.8 Å². The summed E-state index contributed by atoms with van der Waals surface area (Å²) in [5.74, 6) is 0.540. The zero-order valence-electron chi connectivity index (χ0n) is 20.0. The number of rotatable bonds is 9. The highest BCUT2D eigenvalue weighted by Crippen LogP contribution is 2.28. The molecule has 0 unspecified atom stereocenters. The number of amides is 2. The first-order valence-corrected chi connectivity index (χ1v) is 13.0. The van der Waals surface area contributed by atoms with Crippen LogP contribution in [0.3, 0.4) is 0 Å². The molecule has 0 spiro atoms. The standard InChI is InChI=1S/C28H32N2O4S/c1-34-24-15-9-20(10-16-24)19-30(26(32)18-25-8-5-17-35-25)27(21-11-13-23(31)14-12-21)28(33)29-22-6-3-2-4-7-22/h5,8-17,22,27,31H,2-4,6-7,18-19H2,1H3,(H,29,33)/t27-/m1/s1. The van der Waals surface area contributed by atoms with E-state index in [0.717, 1.165) is 41.9 Å². The Morgan fingerprint density at radius 3 is 2.40 bits per heavy atom. The minimum absolute atomic E-state index is 0.117. The molecule has 2 amide bonds. The van der Waals surface area contributed by atoms with Crippen LogP contribution in [-0.2, 0) is 22.6 Å². The Morgan fingerprint density at radius 1 is 1.06 bits per heavy atom. The molecule has 2 N–H and O–H groups in total. The summed E-state index contributed by atoms with van der Waals surface area (Å²) in [5.41, 5.74) is 1.57. The Balaban J connectivity index is 1.68. The Bertz CT molecular complexity index is 1090. The molecule has 0 aliphatic heterocycles. The second-order valence-electron chi connectivity index (χ2n) is 8.96. The Morgan fingerprint density at radius 2 is 1.77 bits per heavy atom. The molecule has 1 atom stereocenters. The number of hydrogen-bond acceptors (Lipinski definition) is 5. The Hall–Kier alpha value is -3.32. The van der Waals surface area contributed by atoms with Gasteiger partial charge < -0.3 is 20.1 Å². The first kappa shape index (κ1) is 24.8. The summed E-state index contributed by atoms with van der Waals surface area (Å²) in [6.07, 6.45) is 5.52. The molecule has 1 aromatic heterocycles. The fraction of sp³-hybridized carbons (Fsp3) is 0.357. The monoisotopic (exact) mass is 492 g/mol. The number of carbonyl (C=O) groups excluding carboxylic acids is 2. The van der Waals surface area contributed by atoms with Gasteiger partial charge in [0.1, 0.15) is 17.5 Å². The SMILES string of the molecule is COc1ccc(CN(C(=O)Cc2cccs2)[C@@H](C(=O)NC2CCCCC2)c2ccc(O)cc2)cc1. The molecule has 1 heterocycles. The molecule has 6 nitrogen and oxygen atoms in total. The number of carbonyl (C=O) groups is 2. The van der Waals surface area contributed by atoms with Crippen molar-refractivity contribution in [2.24, 2.45) is 0 Å². The van der Waals surface area contributed by atoms with Crippen molar-refractivity contribution in [2.75, 3.05) is 7.11 Å². The summed E-state index contributed by atoms with van der Waals surface area (Å²) in [7, 11) is 1.61. The summed E-state index contributed by atoms with van der Waals surface area (Å²) < 4.78 is 5.28. The quantitative estimate of drug-likeness (QED) is 0.429. The number of phenolic OH excluding ortho intramolecular Hbond substituents is 1. The van der Waals surface area contributed by atoms with Crippen molar-refractivity contribution in [1.29, 1.82) is 0 Å². The lowest BCUT2D eigenvalue weighted by atomic mass is 9.94. The third kappa shape index (κ3) is 6.63. The molecule has 2 aromatic carbocycles. The van der Waals surface area contributed by atoms with Gasteiger partial charge in [-0.1, -0.05) is 49.6 Å². The zero-order chi connectivity index (χ0) is 24.6. The number of hydrogen-bond donors (Lipinski definition) is 2. The highest BCUT2D eigenvalue weighted by molar-refractivity contribution is 7.10. The molecule has 1 saturated carbocycles. The van der Waals surface area contributed by atoms with Crippen molar-refractivity contribution in [3.05, 3.63) is 82.0 Å². The average molecular weight is 493 g/mol. The van der Waals surface area contributed by atoms with Crippen LogP contribution in [0.2, 0.25) is 0 Å². The Kier molecular flexibility index (Phi) is 8.42. The van der Waals surface area contributed by atoms with Crippen LogP contribution < -0.4 is 10.1 Å². The summed E-state index contributed by atoms with van der Waals surface area (Å²) in [6, 6.07) is 17.3. The van der Waals surface area contributed by atoms with E-state index in [0.29, 0.717) is 5.56 Å². The molecule has 0 radical (unpaired) electrons. The fourth-order valence-electron chi connectivity index (χ4n) is 4.57. The highest BCUT2D eigenvalue weighted by atomic mass is 32.1. The van der Waals surface area contributed by atoms with E-state index in [1.54, 1.807) is 36.3 Å². The van der Waals surface area contributed by atoms with Gasteiger partial charge in [-0.2, -0.15) is 0 Å². The van der Waals surface area contributed by atoms with Crippen LogP contribution in [-0.4, -0.2) is 35.0 Å². The van der Waals surface area contributed by atoms with Crippen molar-refractivity contribution in [3.8, 4) is 11.5 Å². The van der Waals surface area contributed by atoms with Gasteiger partial charge in [0, 0.05) is 17.5 Å². The second-order valence-corrected chi connectivity index (χ2v) is 10.00. The number of phenols is 1. The first-order valence-electron chi connectivity index (χ1n) is 12.1. The second kappa shape index (κ2) is 11.9. The molecule has 0 saturated heterocycles. The van der Waals surface area contributed by atoms with E-state index < -0.39 is 6.04 Å². The third-order valence-corrected chi connectivity index (χ3v) is 7.33. The molecule has 7 heteroatoms. The molecule has 184 valence electrons. The lowest BCUT2D eigenvalue weighted by Gasteiger charge is -2.33. The van der Waals surface area contributed by atoms with Gasteiger partial charge in [0.15, 0.2) is 0 Å². The van der Waals surface area contributed by atoms with Gasteiger partial charge in [-0.3, -0.25) is 9.59 Å². The maximum atomic E-state index is 13.8. The largest absolute Gasteiger partial charge is 0.508 e. The minimum atomic E-state index is -0.813. The molecule has 3 aromatic rings. The van der Waals surface area contributed by atoms with Crippen LogP contribution >= 0.6 is 11.3 Å². The van der Waals surface area contributed by atoms with E-state index in [9.17, 15) is 14.7 Å². The van der Waals surface area contributed by atoms with Crippen LogP contribution in [0.4, 0.5) is 0 Å². The van der Waals surface area contributed by atoms with Gasteiger partial charge in [-0.25, -0.2) is 0 Å². The summed E-state index contributed by atoms with van der Waals surface area (Å²) in [4.78, 5) is 30.1. The first-order chi connectivity index (χ1) is 17.0. The molecular formula is C28H32N2O4S. The van der Waals surface area contributed by atoms with Gasteiger partial charge >= 0.3 is 0 Å². The van der Waals surface area contributed by atoms with Crippen LogP contribution in [0.1, 0.15) is 54.1 Å². The van der Waals surface area contributed by atoms with Crippen LogP contribution in [0.25, 0.3) is 0 Å². The molecule has 1 aliphatic carbocycles. The zero-order valence-corrected chi connectivity index (χ0v) is 20.8. The van der Waals surface area contributed by atoms with E-state index >= 15 is 0 Å². The number of thiophene rings is 1. The van der Waals surface area contributed by atoms with Crippen molar-refractivity contribution >= 4 is 23.2 Å². The average Bonchev–Trinajstić information content (AvgIpc) is 3.39. The summed E-state index contributed by atoms with van der Waals surface area (Å²) >= 11 is 1.53. The van der Waals surface area contributed by atoms with Crippen LogP contribution in [0.5, 0.6) is 11.5 Å². The van der Waals surface area contributed by atoms with Crippen molar-refractivity contribution in [1.82, 2.24) is 10.2 Å². The number of nitrogens with one attached hydrogen (secondary N) is 1. The maximum Gasteiger partial charge on any atom is 0.247 e. The van der Waals surface area contributed by atoms with Crippen LogP contribution in [0.15, 0.2) is 66.0 Å². The third-order valence-electron chi connectivity index (χ3n) is 6.46. The fourth-order valence-corrected chi connectivity index (χ4v) is 5.27. The number of benzene rings is 2. The normalized spacial score (nSPS) is 14.8. The van der Waals surface area contributed by atoms with Gasteiger partial charge in [0.2, 0.25) is 11.8 Å². The molecule has 4 rings (SSSR count). The Labute approximate surface area is 210 Å². The number of aromatic hydroxyl groups is 1. The van der Waals surface area contributed by atoms with E-state index in [2.05, 4.69) is 5.32 Å². The molecular weight excluding hydrogens is 460 g/mol. The molecule has 1 aliphatic rings. The van der Waals surface area contributed by atoms with Crippen LogP contribution in [0, 0.1) is 0 Å². The topological polar surface area (TPSA) is 78.9 Å². The van der Waals surface area contributed by atoms with E-state index in [1.165, 1.54) is 17.8 Å². The lowest BCUT2D eigenvalue weighted by molar-refractivity contribution is -0.141. The molecule has 0 bridgehead atoms. The minimum Gasteiger partial charge on any atom is -0.508 e. The van der Waals surface area contributed by atoms with Gasteiger partial charge in [-0.15, -0.1) is 11.3 Å². The number of methoxy groups -OCH3 is 1. The predicted octanol–water partition coefficient (Wildman–Crippen LogP) is 5.22. The van der Waals surface area contributed by atoms with Gasteiger partial charge in [0.05, 0.1) is 13.5 Å². The van der Waals surface area contributed by atoms with Crippen molar-refractivity contribution in [3.63, 3.8) is 0 Å². The highest BCUT2D eigenvalue weighted by Gasteiger charge is 2.33. The van der Waals surface area contributed by atoms with Gasteiger partial charge in [-0.05, 0) is 59.7 Å². The van der Waals surface area contributed by atoms with E-state index in [-0.39, 0.29) is 36.6 Å². The predicted molar refractivity (Wildman–Crippen MR) is 137 cm³/mol. The smallest absolute Gasteiger partial charge is 0.247 e. The molecule has 35 heavy (non-hydrogen) atoms. The lowest BCUT2D eigenvalue weighted by Crippen LogP contribution is -2.47. The number of ether oxygens (including phenoxy) is 1. The van der Waals surface area contributed by atoms with E-state index in [4.69, 9.17) is 4.74 Å². The van der Waals surface area contributed by atoms with Crippen molar-refractivity contribution in [2.45, 2.75) is 57.2 Å². The maximum absolute atomic E-state index is 13.8. The van der Waals surface area contributed by atoms with Gasteiger partial charge in [0.25, 0.3) is 0 Å². The van der Waals surface area contributed by atoms with Crippen molar-refractivity contribution < 1.29 is 19.4 Å².